The molecule has 3 atom stereocenters. The molecule has 1 aliphatic heterocycles. The topological polar surface area (TPSA) is 113 Å². The number of aliphatic hydroxyl groups excluding tert-OH is 1. The molecule has 0 saturated heterocycles. The van der Waals surface area contributed by atoms with Crippen LogP contribution in [0.4, 0.5) is 0 Å². The van der Waals surface area contributed by atoms with E-state index in [-0.39, 0.29) is 47.9 Å². The van der Waals surface area contributed by atoms with Crippen molar-refractivity contribution in [1.29, 1.82) is 0 Å². The van der Waals surface area contributed by atoms with Gasteiger partial charge in [0, 0.05) is 49.9 Å². The van der Waals surface area contributed by atoms with Crippen molar-refractivity contribution in [1.82, 2.24) is 19.2 Å². The lowest BCUT2D eigenvalue weighted by Gasteiger charge is -2.37. The Hall–Kier alpha value is -3.00. The van der Waals surface area contributed by atoms with Gasteiger partial charge in [0.15, 0.2) is 0 Å². The molecule has 0 saturated carbocycles. The van der Waals surface area contributed by atoms with E-state index in [0.29, 0.717) is 17.9 Å². The summed E-state index contributed by atoms with van der Waals surface area (Å²) in [5.74, 6) is 6.18. The van der Waals surface area contributed by atoms with Crippen LogP contribution in [-0.4, -0.2) is 77.5 Å². The highest BCUT2D eigenvalue weighted by atomic mass is 32.2. The van der Waals surface area contributed by atoms with Crippen molar-refractivity contribution in [3.05, 3.63) is 48.0 Å². The second-order valence-electron chi connectivity index (χ2n) is 9.58. The van der Waals surface area contributed by atoms with Crippen LogP contribution >= 0.6 is 0 Å². The number of fused-ring (bicyclic) bond motifs is 1. The van der Waals surface area contributed by atoms with Gasteiger partial charge in [0.1, 0.15) is 22.4 Å². The molecular weight excluding hydrogens is 480 g/mol. The van der Waals surface area contributed by atoms with Crippen molar-refractivity contribution in [3.8, 4) is 17.6 Å². The van der Waals surface area contributed by atoms with E-state index >= 15 is 0 Å². The molecule has 1 aromatic heterocycles. The summed E-state index contributed by atoms with van der Waals surface area (Å²) in [5, 5.41) is 9.79. The van der Waals surface area contributed by atoms with Gasteiger partial charge in [-0.05, 0) is 31.0 Å². The van der Waals surface area contributed by atoms with Crippen molar-refractivity contribution in [2.24, 2.45) is 11.8 Å². The zero-order valence-electron chi connectivity index (χ0n) is 21.4. The number of nitrogens with zero attached hydrogens (tertiary/aromatic N) is 4. The Balaban J connectivity index is 2.00. The monoisotopic (exact) mass is 514 g/mol. The summed E-state index contributed by atoms with van der Waals surface area (Å²) in [7, 11) is -2.30. The molecule has 1 N–H and O–H groups in total. The van der Waals surface area contributed by atoms with E-state index in [1.165, 1.54) is 33.9 Å². The molecule has 0 radical (unpaired) electrons. The number of rotatable bonds is 6. The number of benzene rings is 1. The molecule has 2 heterocycles. The van der Waals surface area contributed by atoms with Crippen LogP contribution in [0.1, 0.15) is 50.2 Å². The summed E-state index contributed by atoms with van der Waals surface area (Å²) < 4.78 is 34.8. The molecule has 10 heteroatoms. The number of aliphatic hydroxyl groups is 1. The van der Waals surface area contributed by atoms with Crippen LogP contribution in [-0.2, 0) is 10.0 Å². The molecule has 9 nitrogen and oxygen atoms in total. The normalized spacial score (nSPS) is 20.2. The Morgan fingerprint density at radius 1 is 1.31 bits per heavy atom. The number of sulfonamides is 1. The van der Waals surface area contributed by atoms with Gasteiger partial charge in [-0.25, -0.2) is 13.4 Å². The number of amides is 1. The smallest absolute Gasteiger partial charge is 0.273 e. The molecular formula is C26H34N4O5S. The maximum atomic E-state index is 13.6. The molecule has 3 rings (SSSR count). The number of carbonyl (C=O) groups is 1. The van der Waals surface area contributed by atoms with E-state index in [4.69, 9.17) is 4.74 Å². The Morgan fingerprint density at radius 2 is 2.06 bits per heavy atom. The zero-order valence-corrected chi connectivity index (χ0v) is 22.2. The van der Waals surface area contributed by atoms with Crippen molar-refractivity contribution < 1.29 is 23.1 Å². The van der Waals surface area contributed by atoms with Crippen LogP contribution in [0.3, 0.4) is 0 Å². The number of aromatic nitrogens is 2. The van der Waals surface area contributed by atoms with Gasteiger partial charge in [-0.3, -0.25) is 9.78 Å². The Bertz CT molecular complexity index is 1220. The first kappa shape index (κ1) is 27.6. The third-order valence-corrected chi connectivity index (χ3v) is 8.01. The third-order valence-electron chi connectivity index (χ3n) is 5.99. The lowest BCUT2D eigenvalue weighted by atomic mass is 10.0. The van der Waals surface area contributed by atoms with Gasteiger partial charge >= 0.3 is 0 Å². The van der Waals surface area contributed by atoms with Crippen molar-refractivity contribution in [2.75, 3.05) is 26.7 Å². The van der Waals surface area contributed by atoms with Crippen molar-refractivity contribution in [3.63, 3.8) is 0 Å². The lowest BCUT2D eigenvalue weighted by molar-refractivity contribution is 0.0559. The van der Waals surface area contributed by atoms with Gasteiger partial charge in [-0.1, -0.05) is 32.6 Å². The average molecular weight is 515 g/mol. The predicted molar refractivity (Wildman–Crippen MR) is 136 cm³/mol. The van der Waals surface area contributed by atoms with Gasteiger partial charge < -0.3 is 14.7 Å². The first-order valence-electron chi connectivity index (χ1n) is 12.0. The summed E-state index contributed by atoms with van der Waals surface area (Å²) >= 11 is 0. The number of likely N-dealkylation sites (N-methyl/N-ethyl adjacent to an activating group) is 1. The number of hydrogen-bond donors (Lipinski definition) is 1. The summed E-state index contributed by atoms with van der Waals surface area (Å²) in [6.07, 6.45) is 4.53. The van der Waals surface area contributed by atoms with E-state index in [0.717, 1.165) is 0 Å². The molecule has 1 aromatic carbocycles. The van der Waals surface area contributed by atoms with Crippen LogP contribution < -0.4 is 4.74 Å². The SMILES string of the molecule is CC(C)CC#Cc1ccc2c(c1)O[C@@H](CN(C)C(=O)c1cnccn1)[C@H](C)CN([C@@H](C)CO)S2(=O)=O. The minimum Gasteiger partial charge on any atom is -0.487 e. The molecule has 0 bridgehead atoms. The Morgan fingerprint density at radius 3 is 2.69 bits per heavy atom. The maximum absolute atomic E-state index is 13.6. The second-order valence-corrected chi connectivity index (χ2v) is 11.4. The van der Waals surface area contributed by atoms with E-state index in [9.17, 15) is 18.3 Å². The fraction of sp³-hybridized carbons (Fsp3) is 0.500. The second kappa shape index (κ2) is 11.8. The van der Waals surface area contributed by atoms with E-state index < -0.39 is 22.2 Å². The summed E-state index contributed by atoms with van der Waals surface area (Å²) in [6, 6.07) is 4.17. The van der Waals surface area contributed by atoms with E-state index in [2.05, 4.69) is 35.7 Å². The number of carbonyl (C=O) groups excluding carboxylic acids is 1. The summed E-state index contributed by atoms with van der Waals surface area (Å²) in [5.41, 5.74) is 0.849. The van der Waals surface area contributed by atoms with Gasteiger partial charge in [-0.2, -0.15) is 4.31 Å². The number of hydrogen-bond acceptors (Lipinski definition) is 7. The van der Waals surface area contributed by atoms with Crippen LogP contribution in [0.2, 0.25) is 0 Å². The average Bonchev–Trinajstić information content (AvgIpc) is 2.85. The van der Waals surface area contributed by atoms with Crippen LogP contribution in [0.5, 0.6) is 5.75 Å². The molecule has 0 aliphatic carbocycles. The van der Waals surface area contributed by atoms with E-state index in [1.807, 2.05) is 6.92 Å². The Labute approximate surface area is 213 Å². The molecule has 1 amide bonds. The van der Waals surface area contributed by atoms with Crippen molar-refractivity contribution >= 4 is 15.9 Å². The molecule has 194 valence electrons. The molecule has 0 fully saturated rings. The van der Waals surface area contributed by atoms with Gasteiger partial charge in [0.25, 0.3) is 5.91 Å². The number of ether oxygens (including phenoxy) is 1. The lowest BCUT2D eigenvalue weighted by Crippen LogP contribution is -2.50. The quantitative estimate of drug-likeness (QED) is 0.589. The largest absolute Gasteiger partial charge is 0.487 e. The van der Waals surface area contributed by atoms with E-state index in [1.54, 1.807) is 26.1 Å². The molecule has 0 spiro atoms. The zero-order chi connectivity index (χ0) is 26.5. The predicted octanol–water partition coefficient (Wildman–Crippen LogP) is 2.42. The first-order chi connectivity index (χ1) is 17.0. The highest BCUT2D eigenvalue weighted by Gasteiger charge is 2.38. The van der Waals surface area contributed by atoms with Gasteiger partial charge in [-0.15, -0.1) is 0 Å². The summed E-state index contributed by atoms with van der Waals surface area (Å²) in [6.45, 7) is 7.68. The highest BCUT2D eigenvalue weighted by molar-refractivity contribution is 7.89. The standard InChI is InChI=1S/C26H34N4O5S/c1-18(2)7-6-8-21-9-10-25-23(13-21)35-24(16-29(5)26(32)22-14-27-11-12-28-22)19(3)15-30(20(4)17-31)36(25,33)34/h9-14,18-20,24,31H,7,15-17H2,1-5H3/t19-,20+,24+/m1/s1. The van der Waals surface area contributed by atoms with Crippen LogP contribution in [0, 0.1) is 23.7 Å². The fourth-order valence-electron chi connectivity index (χ4n) is 3.84. The highest BCUT2D eigenvalue weighted by Crippen LogP contribution is 2.34. The minimum atomic E-state index is -3.95. The molecule has 36 heavy (non-hydrogen) atoms. The fourth-order valence-corrected chi connectivity index (χ4v) is 5.66. The minimum absolute atomic E-state index is 0.0111. The molecule has 1 aliphatic rings. The molecule has 0 unspecified atom stereocenters. The maximum Gasteiger partial charge on any atom is 0.273 e. The Kier molecular flexibility index (Phi) is 9.06. The molecule has 2 aromatic rings. The van der Waals surface area contributed by atoms with Crippen LogP contribution in [0.25, 0.3) is 0 Å². The van der Waals surface area contributed by atoms with Gasteiger partial charge in [0.05, 0.1) is 19.3 Å². The van der Waals surface area contributed by atoms with Gasteiger partial charge in [0.2, 0.25) is 10.0 Å². The van der Waals surface area contributed by atoms with Crippen molar-refractivity contribution in [2.45, 2.75) is 51.2 Å². The van der Waals surface area contributed by atoms with Crippen LogP contribution in [0.15, 0.2) is 41.7 Å². The third kappa shape index (κ3) is 6.40. The first-order valence-corrected chi connectivity index (χ1v) is 13.4. The summed E-state index contributed by atoms with van der Waals surface area (Å²) in [4.78, 5) is 22.4.